The van der Waals surface area contributed by atoms with Crippen molar-refractivity contribution in [3.05, 3.63) is 0 Å². The number of piperidine rings is 1. The van der Waals surface area contributed by atoms with E-state index in [1.54, 1.807) is 0 Å². The van der Waals surface area contributed by atoms with Crippen LogP contribution < -0.4 is 5.32 Å². The Morgan fingerprint density at radius 1 is 1.19 bits per heavy atom. The topological polar surface area (TPSA) is 84.9 Å². The van der Waals surface area contributed by atoms with E-state index >= 15 is 0 Å². The maximum Gasteiger partial charge on any atom is 0.322 e. The van der Waals surface area contributed by atoms with E-state index in [1.807, 2.05) is 0 Å². The van der Waals surface area contributed by atoms with Gasteiger partial charge in [-0.3, -0.25) is 14.9 Å². The number of hydrogen-bond acceptors (Lipinski definition) is 6. The zero-order valence-corrected chi connectivity index (χ0v) is 9.43. The fraction of sp³-hybridized carbons (Fsp3) is 0.800. The molecular formula is C10H17NO5. The smallest absolute Gasteiger partial charge is 0.322 e. The first-order valence-corrected chi connectivity index (χ1v) is 5.15. The Balaban J connectivity index is 2.68. The third kappa shape index (κ3) is 2.93. The van der Waals surface area contributed by atoms with Crippen molar-refractivity contribution in [1.82, 2.24) is 5.32 Å². The van der Waals surface area contributed by atoms with Gasteiger partial charge in [0.05, 0.1) is 14.2 Å². The molecule has 0 unspecified atom stereocenters. The molecule has 0 bridgehead atoms. The lowest BCUT2D eigenvalue weighted by Gasteiger charge is -2.32. The van der Waals surface area contributed by atoms with Crippen molar-refractivity contribution in [2.24, 2.45) is 5.92 Å². The van der Waals surface area contributed by atoms with Crippen molar-refractivity contribution in [2.75, 3.05) is 20.8 Å². The third-order valence-corrected chi connectivity index (χ3v) is 2.77. The number of ether oxygens (including phenoxy) is 2. The zero-order chi connectivity index (χ0) is 12.1. The molecule has 0 spiro atoms. The Morgan fingerprint density at radius 2 is 1.62 bits per heavy atom. The maximum atomic E-state index is 11.4. The molecular weight excluding hydrogens is 214 g/mol. The van der Waals surface area contributed by atoms with E-state index < -0.39 is 24.0 Å². The summed E-state index contributed by atoms with van der Waals surface area (Å²) >= 11 is 0. The van der Waals surface area contributed by atoms with Gasteiger partial charge < -0.3 is 14.6 Å². The van der Waals surface area contributed by atoms with Crippen molar-refractivity contribution < 1.29 is 24.2 Å². The summed E-state index contributed by atoms with van der Waals surface area (Å²) < 4.78 is 9.22. The molecule has 1 heterocycles. The Kier molecular flexibility index (Phi) is 4.70. The van der Waals surface area contributed by atoms with Crippen molar-refractivity contribution in [2.45, 2.75) is 24.9 Å². The van der Waals surface area contributed by atoms with Crippen LogP contribution in [0.3, 0.4) is 0 Å². The fourth-order valence-corrected chi connectivity index (χ4v) is 1.90. The molecule has 0 aromatic rings. The maximum absolute atomic E-state index is 11.4. The normalized spacial score (nSPS) is 29.6. The van der Waals surface area contributed by atoms with Gasteiger partial charge in [-0.25, -0.2) is 0 Å². The average Bonchev–Trinajstić information content (AvgIpc) is 2.35. The van der Waals surface area contributed by atoms with E-state index in [-0.39, 0.29) is 12.5 Å². The second-order valence-corrected chi connectivity index (χ2v) is 3.84. The molecule has 1 fully saturated rings. The summed E-state index contributed by atoms with van der Waals surface area (Å²) in [6.45, 7) is -0.0529. The highest BCUT2D eigenvalue weighted by Crippen LogP contribution is 2.21. The van der Waals surface area contributed by atoms with Gasteiger partial charge in [0.25, 0.3) is 0 Å². The number of rotatable bonds is 3. The largest absolute Gasteiger partial charge is 0.468 e. The number of aliphatic hydroxyl groups is 1. The lowest BCUT2D eigenvalue weighted by molar-refractivity contribution is -0.149. The molecule has 0 aromatic carbocycles. The zero-order valence-electron chi connectivity index (χ0n) is 9.43. The van der Waals surface area contributed by atoms with Gasteiger partial charge in [-0.05, 0) is 18.8 Å². The van der Waals surface area contributed by atoms with Gasteiger partial charge in [0, 0.05) is 6.61 Å². The molecule has 0 aromatic heterocycles. The van der Waals surface area contributed by atoms with Gasteiger partial charge in [0.2, 0.25) is 0 Å². The minimum Gasteiger partial charge on any atom is -0.468 e. The van der Waals surface area contributed by atoms with Crippen LogP contribution in [0, 0.1) is 5.92 Å². The molecule has 1 rings (SSSR count). The summed E-state index contributed by atoms with van der Waals surface area (Å²) in [5.74, 6) is -0.937. The molecule has 16 heavy (non-hydrogen) atoms. The molecule has 0 aliphatic carbocycles. The van der Waals surface area contributed by atoms with Crippen molar-refractivity contribution in [3.8, 4) is 0 Å². The Bertz CT molecular complexity index is 244. The highest BCUT2D eigenvalue weighted by atomic mass is 16.5. The highest BCUT2D eigenvalue weighted by molar-refractivity contribution is 5.80. The van der Waals surface area contributed by atoms with Gasteiger partial charge in [0.1, 0.15) is 12.1 Å². The standard InChI is InChI=1S/C10H17NO5/c1-15-9(13)7-3-6(5-12)4-8(11-7)10(14)16-2/h6-8,11-12H,3-5H2,1-2H3/t6-,7-,8+. The molecule has 6 nitrogen and oxygen atoms in total. The van der Waals surface area contributed by atoms with E-state index in [4.69, 9.17) is 5.11 Å². The average molecular weight is 231 g/mol. The fourth-order valence-electron chi connectivity index (χ4n) is 1.90. The second kappa shape index (κ2) is 5.81. The molecule has 6 heteroatoms. The van der Waals surface area contributed by atoms with E-state index in [0.29, 0.717) is 12.8 Å². The predicted molar refractivity (Wildman–Crippen MR) is 54.6 cm³/mol. The summed E-state index contributed by atoms with van der Waals surface area (Å²) in [7, 11) is 2.58. The molecule has 0 saturated carbocycles. The van der Waals surface area contributed by atoms with Crippen LogP contribution in [0.15, 0.2) is 0 Å². The lowest BCUT2D eigenvalue weighted by Crippen LogP contribution is -2.53. The Labute approximate surface area is 93.9 Å². The van der Waals surface area contributed by atoms with Gasteiger partial charge in [0.15, 0.2) is 0 Å². The van der Waals surface area contributed by atoms with E-state index in [9.17, 15) is 9.59 Å². The van der Waals surface area contributed by atoms with Crippen LogP contribution in [-0.2, 0) is 19.1 Å². The first-order valence-electron chi connectivity index (χ1n) is 5.15. The van der Waals surface area contributed by atoms with Gasteiger partial charge >= 0.3 is 11.9 Å². The van der Waals surface area contributed by atoms with Gasteiger partial charge in [-0.1, -0.05) is 0 Å². The highest BCUT2D eigenvalue weighted by Gasteiger charge is 2.36. The summed E-state index contributed by atoms with van der Waals surface area (Å²) in [6, 6.07) is -1.11. The summed E-state index contributed by atoms with van der Waals surface area (Å²) in [4.78, 5) is 22.7. The molecule has 92 valence electrons. The van der Waals surface area contributed by atoms with E-state index in [2.05, 4.69) is 14.8 Å². The first-order chi connectivity index (χ1) is 7.62. The van der Waals surface area contributed by atoms with Gasteiger partial charge in [-0.15, -0.1) is 0 Å². The molecule has 1 saturated heterocycles. The number of carbonyl (C=O) groups excluding carboxylic acids is 2. The summed E-state index contributed by atoms with van der Waals surface area (Å²) in [5.41, 5.74) is 0. The Morgan fingerprint density at radius 3 is 1.94 bits per heavy atom. The van der Waals surface area contributed by atoms with Crippen molar-refractivity contribution in [3.63, 3.8) is 0 Å². The molecule has 1 aliphatic rings. The van der Waals surface area contributed by atoms with Crippen LogP contribution in [-0.4, -0.2) is 50.0 Å². The predicted octanol–water partition coefficient (Wildman–Crippen LogP) is -0.938. The Hall–Kier alpha value is -1.14. The quantitative estimate of drug-likeness (QED) is 0.610. The SMILES string of the molecule is COC(=O)[C@@H]1C[C@H](CO)C[C@H](C(=O)OC)N1. The summed E-state index contributed by atoms with van der Waals surface area (Å²) in [6.07, 6.45) is 0.938. The number of aliphatic hydroxyl groups excluding tert-OH is 1. The van der Waals surface area contributed by atoms with Crippen LogP contribution in [0.4, 0.5) is 0 Å². The monoisotopic (exact) mass is 231 g/mol. The number of methoxy groups -OCH3 is 2. The molecule has 1 aliphatic heterocycles. The molecule has 2 N–H and O–H groups in total. The van der Waals surface area contributed by atoms with E-state index in [0.717, 1.165) is 0 Å². The van der Waals surface area contributed by atoms with Crippen molar-refractivity contribution in [1.29, 1.82) is 0 Å². The minimum absolute atomic E-state index is 0.0529. The van der Waals surface area contributed by atoms with E-state index in [1.165, 1.54) is 14.2 Å². The van der Waals surface area contributed by atoms with Crippen LogP contribution in [0.5, 0.6) is 0 Å². The molecule has 0 radical (unpaired) electrons. The molecule has 3 atom stereocenters. The van der Waals surface area contributed by atoms with Gasteiger partial charge in [-0.2, -0.15) is 0 Å². The lowest BCUT2D eigenvalue weighted by atomic mass is 9.88. The number of nitrogens with one attached hydrogen (secondary N) is 1. The minimum atomic E-state index is -0.556. The first kappa shape index (κ1) is 12.9. The van der Waals surface area contributed by atoms with Crippen LogP contribution in [0.1, 0.15) is 12.8 Å². The summed E-state index contributed by atoms with van der Waals surface area (Å²) in [5, 5.41) is 12.0. The number of hydrogen-bond donors (Lipinski definition) is 2. The number of esters is 2. The third-order valence-electron chi connectivity index (χ3n) is 2.77. The van der Waals surface area contributed by atoms with Crippen LogP contribution >= 0.6 is 0 Å². The van der Waals surface area contributed by atoms with Crippen LogP contribution in [0.25, 0.3) is 0 Å². The van der Waals surface area contributed by atoms with Crippen LogP contribution in [0.2, 0.25) is 0 Å². The second-order valence-electron chi connectivity index (χ2n) is 3.84. The molecule has 0 amide bonds. The number of carbonyl (C=O) groups is 2. The van der Waals surface area contributed by atoms with Crippen molar-refractivity contribution >= 4 is 11.9 Å².